The van der Waals surface area contributed by atoms with Crippen molar-refractivity contribution in [3.8, 4) is 0 Å². The number of hydrogen-bond acceptors (Lipinski definition) is 4. The van der Waals surface area contributed by atoms with E-state index in [1.54, 1.807) is 19.6 Å². The van der Waals surface area contributed by atoms with Gasteiger partial charge in [-0.15, -0.1) is 0 Å². The first-order valence-electron chi connectivity index (χ1n) is 6.14. The third-order valence-electron chi connectivity index (χ3n) is 3.14. The zero-order chi connectivity index (χ0) is 13.5. The third-order valence-corrected chi connectivity index (χ3v) is 3.14. The maximum atomic E-state index is 5.50. The molecule has 0 unspecified atom stereocenters. The lowest BCUT2D eigenvalue weighted by Crippen LogP contribution is -2.27. The van der Waals surface area contributed by atoms with E-state index in [2.05, 4.69) is 19.9 Å². The van der Waals surface area contributed by atoms with Gasteiger partial charge in [-0.25, -0.2) is 19.9 Å². The Kier molecular flexibility index (Phi) is 2.48. The molecule has 4 rings (SSSR count). The van der Waals surface area contributed by atoms with Crippen molar-refractivity contribution >= 4 is 55.5 Å². The van der Waals surface area contributed by atoms with E-state index in [4.69, 9.17) is 7.74 Å². The number of benzene rings is 1. The van der Waals surface area contributed by atoms with Crippen molar-refractivity contribution in [2.24, 2.45) is 0 Å². The van der Waals surface area contributed by atoms with E-state index in [0.29, 0.717) is 16.9 Å². The predicted molar refractivity (Wildman–Crippen MR) is 80.5 cm³/mol. The predicted octanol–water partition coefficient (Wildman–Crippen LogP) is -0.142. The number of nitrogens with zero attached hydrogens (tertiary/aromatic N) is 5. The summed E-state index contributed by atoms with van der Waals surface area (Å²) in [4.78, 5) is 17.7. The van der Waals surface area contributed by atoms with Gasteiger partial charge in [-0.2, -0.15) is 0 Å². The summed E-state index contributed by atoms with van der Waals surface area (Å²) >= 11 is 0. The van der Waals surface area contributed by atoms with Crippen LogP contribution in [0.4, 0.5) is 0 Å². The van der Waals surface area contributed by atoms with E-state index in [0.717, 1.165) is 16.7 Å². The fourth-order valence-corrected chi connectivity index (χ4v) is 2.34. The van der Waals surface area contributed by atoms with Crippen LogP contribution < -0.4 is 5.59 Å². The van der Waals surface area contributed by atoms with Crippen molar-refractivity contribution in [1.82, 2.24) is 24.3 Å². The summed E-state index contributed by atoms with van der Waals surface area (Å²) < 4.78 is 1.96. The molecule has 0 saturated heterocycles. The van der Waals surface area contributed by atoms with E-state index in [1.165, 1.54) is 7.06 Å². The van der Waals surface area contributed by atoms with Crippen LogP contribution in [-0.2, 0) is 0 Å². The van der Waals surface area contributed by atoms with E-state index in [-0.39, 0.29) is 0 Å². The van der Waals surface area contributed by atoms with Gasteiger partial charge in [0.25, 0.3) is 0 Å². The molecule has 0 aliphatic rings. The van der Waals surface area contributed by atoms with Gasteiger partial charge in [-0.3, -0.25) is 4.40 Å². The maximum Gasteiger partial charge on any atom is 0.195 e. The molecule has 88 valence electrons. The lowest BCUT2D eigenvalue weighted by Gasteiger charge is -2.05. The second-order valence-electron chi connectivity index (χ2n) is 4.32. The molecule has 20 heavy (non-hydrogen) atoms. The average molecular weight is 253 g/mol. The first-order chi connectivity index (χ1) is 9.88. The molecule has 0 spiro atoms. The smallest absolute Gasteiger partial charge is 0.195 e. The lowest BCUT2D eigenvalue weighted by atomic mass is 9.27. The summed E-state index contributed by atoms with van der Waals surface area (Å²) in [5.41, 5.74) is 4.51. The zero-order valence-corrected chi connectivity index (χ0v) is 10.4. The van der Waals surface area contributed by atoms with Crippen molar-refractivity contribution in [2.45, 2.75) is 0 Å². The van der Waals surface area contributed by atoms with Crippen LogP contribution in [0.1, 0.15) is 0 Å². The first kappa shape index (κ1) is 11.5. The van der Waals surface area contributed by atoms with Crippen LogP contribution in [0.25, 0.3) is 28.0 Å². The highest BCUT2D eigenvalue weighted by Crippen LogP contribution is 2.18. The highest BCUT2D eigenvalue weighted by atomic mass is 15.1. The Morgan fingerprint density at radius 2 is 1.85 bits per heavy atom. The molecule has 0 fully saturated rings. The second kappa shape index (κ2) is 4.33. The van der Waals surface area contributed by atoms with Gasteiger partial charge >= 0.3 is 0 Å². The van der Waals surface area contributed by atoms with Gasteiger partial charge in [-0.05, 0) is 12.1 Å². The van der Waals surface area contributed by atoms with Gasteiger partial charge in [0.2, 0.25) is 0 Å². The number of fused-ring (bicyclic) bond motifs is 5. The molecule has 4 radical (unpaired) electrons. The fourth-order valence-electron chi connectivity index (χ4n) is 2.34. The normalized spacial score (nSPS) is 11.2. The number of imidazole rings is 1. The standard InChI is InChI=1S/C12H6B3N5/c13-15-14-9-11-18-7-3-1-2-4-8(7)20(11)12-10(19-9)16-5-6-17-12/h1-6H. The average Bonchev–Trinajstić information content (AvgIpc) is 2.88. The van der Waals surface area contributed by atoms with E-state index >= 15 is 0 Å². The van der Waals surface area contributed by atoms with Crippen molar-refractivity contribution in [1.29, 1.82) is 0 Å². The SMILES string of the molecule is [B][B][B]c1nc2nccnc2n2c1nc1ccccc12. The highest BCUT2D eigenvalue weighted by Gasteiger charge is 2.14. The van der Waals surface area contributed by atoms with Crippen LogP contribution in [-0.4, -0.2) is 46.3 Å². The fraction of sp³-hybridized carbons (Fsp3) is 0. The quantitative estimate of drug-likeness (QED) is 0.466. The molecule has 4 aromatic rings. The molecular weight excluding hydrogens is 247 g/mol. The minimum absolute atomic E-state index is 0.566. The molecule has 3 aromatic heterocycles. The molecule has 1 aromatic carbocycles. The Labute approximate surface area is 117 Å². The summed E-state index contributed by atoms with van der Waals surface area (Å²) in [6.07, 6.45) is 3.27. The Hall–Kier alpha value is -2.37. The lowest BCUT2D eigenvalue weighted by molar-refractivity contribution is 1.15. The Balaban J connectivity index is 2.27. The molecule has 5 nitrogen and oxygen atoms in total. The summed E-state index contributed by atoms with van der Waals surface area (Å²) in [5.74, 6) is 0. The zero-order valence-electron chi connectivity index (χ0n) is 10.4. The number of para-hydroxylation sites is 2. The molecule has 0 amide bonds. The monoisotopic (exact) mass is 253 g/mol. The third kappa shape index (κ3) is 1.54. The molecule has 0 N–H and O–H groups in total. The minimum atomic E-state index is 0.566. The van der Waals surface area contributed by atoms with Crippen LogP contribution in [0.2, 0.25) is 0 Å². The van der Waals surface area contributed by atoms with Crippen molar-refractivity contribution in [2.75, 3.05) is 0 Å². The van der Waals surface area contributed by atoms with Crippen molar-refractivity contribution < 1.29 is 0 Å². The Morgan fingerprint density at radius 3 is 2.75 bits per heavy atom. The van der Waals surface area contributed by atoms with E-state index in [1.807, 2.05) is 28.7 Å². The molecule has 0 atom stereocenters. The number of hydrogen-bond donors (Lipinski definition) is 0. The first-order valence-corrected chi connectivity index (χ1v) is 6.14. The Morgan fingerprint density at radius 1 is 1.00 bits per heavy atom. The molecular formula is C12H6B3N5. The van der Waals surface area contributed by atoms with Crippen LogP contribution in [0.5, 0.6) is 0 Å². The summed E-state index contributed by atoms with van der Waals surface area (Å²) in [6, 6.07) is 7.88. The summed E-state index contributed by atoms with van der Waals surface area (Å²) in [7, 11) is 8.66. The van der Waals surface area contributed by atoms with Crippen LogP contribution >= 0.6 is 0 Å². The topological polar surface area (TPSA) is 56.0 Å². The van der Waals surface area contributed by atoms with Gasteiger partial charge in [0, 0.05) is 32.8 Å². The summed E-state index contributed by atoms with van der Waals surface area (Å²) in [6.45, 7) is 0. The second-order valence-corrected chi connectivity index (χ2v) is 4.32. The molecule has 0 aliphatic carbocycles. The van der Waals surface area contributed by atoms with Crippen molar-refractivity contribution in [3.05, 3.63) is 36.7 Å². The van der Waals surface area contributed by atoms with Crippen molar-refractivity contribution in [3.63, 3.8) is 0 Å². The minimum Gasteiger partial charge on any atom is -0.273 e. The van der Waals surface area contributed by atoms with E-state index < -0.39 is 0 Å². The van der Waals surface area contributed by atoms with Gasteiger partial charge in [0.1, 0.15) is 12.8 Å². The molecule has 0 aliphatic heterocycles. The molecule has 0 bridgehead atoms. The number of rotatable bonds is 2. The van der Waals surface area contributed by atoms with Gasteiger partial charge < -0.3 is 0 Å². The largest absolute Gasteiger partial charge is 0.273 e. The highest BCUT2D eigenvalue weighted by molar-refractivity contribution is 7.27. The maximum absolute atomic E-state index is 5.50. The van der Waals surface area contributed by atoms with Crippen LogP contribution in [0.15, 0.2) is 36.7 Å². The molecule has 8 heteroatoms. The van der Waals surface area contributed by atoms with Gasteiger partial charge in [-0.1, -0.05) is 12.1 Å². The summed E-state index contributed by atoms with van der Waals surface area (Å²) in [5, 5.41) is 0. The van der Waals surface area contributed by atoms with Gasteiger partial charge in [0.15, 0.2) is 11.3 Å². The van der Waals surface area contributed by atoms with E-state index in [9.17, 15) is 0 Å². The Bertz CT molecular complexity index is 936. The van der Waals surface area contributed by atoms with Crippen LogP contribution in [0, 0.1) is 0 Å². The van der Waals surface area contributed by atoms with Crippen LogP contribution in [0.3, 0.4) is 0 Å². The number of aromatic nitrogens is 5. The molecule has 3 heterocycles. The molecule has 0 saturated carbocycles. The van der Waals surface area contributed by atoms with Gasteiger partial charge in [0.05, 0.1) is 11.0 Å².